The molecule has 0 saturated carbocycles. The molecule has 3 saturated heterocycles. The summed E-state index contributed by atoms with van der Waals surface area (Å²) in [4.78, 5) is 15.8. The molecule has 3 aliphatic rings. The Hall–Kier alpha value is -3.44. The number of nitrogens with one attached hydrogen (secondary N) is 1. The van der Waals surface area contributed by atoms with Crippen LogP contribution in [-0.2, 0) is 9.84 Å². The fourth-order valence-electron chi connectivity index (χ4n) is 6.39. The number of pyridine rings is 1. The lowest BCUT2D eigenvalue weighted by atomic mass is 9.95. The summed E-state index contributed by atoms with van der Waals surface area (Å²) in [6, 6.07) is 9.49. The lowest BCUT2D eigenvalue weighted by Gasteiger charge is -2.31. The minimum absolute atomic E-state index is 0.0143. The zero-order valence-corrected chi connectivity index (χ0v) is 22.0. The summed E-state index contributed by atoms with van der Waals surface area (Å²) in [5.41, 5.74) is 0.208. The van der Waals surface area contributed by atoms with Gasteiger partial charge in [-0.25, -0.2) is 17.2 Å². The lowest BCUT2D eigenvalue weighted by molar-refractivity contribution is 0.108. The van der Waals surface area contributed by atoms with Crippen molar-refractivity contribution in [2.75, 3.05) is 36.5 Å². The average molecular weight is 552 g/mol. The van der Waals surface area contributed by atoms with Crippen molar-refractivity contribution in [2.45, 2.75) is 37.3 Å². The van der Waals surface area contributed by atoms with E-state index in [0.717, 1.165) is 38.8 Å². The molecule has 11 heteroatoms. The number of ether oxygens (including phenoxy) is 1. The van der Waals surface area contributed by atoms with Crippen molar-refractivity contribution in [2.24, 2.45) is 0 Å². The number of anilines is 1. The number of hydrogen-bond acceptors (Lipinski definition) is 8. The quantitative estimate of drug-likeness (QED) is 0.378. The number of fused-ring (bicyclic) bond motifs is 3. The largest absolute Gasteiger partial charge is 0.461 e. The van der Waals surface area contributed by atoms with Crippen molar-refractivity contribution in [3.8, 4) is 17.3 Å². The monoisotopic (exact) mass is 551 g/mol. The molecule has 2 aromatic carbocycles. The highest BCUT2D eigenvalue weighted by molar-refractivity contribution is 7.92. The van der Waals surface area contributed by atoms with Gasteiger partial charge in [0.2, 0.25) is 0 Å². The van der Waals surface area contributed by atoms with E-state index in [4.69, 9.17) is 4.74 Å². The Morgan fingerprint density at radius 3 is 2.54 bits per heavy atom. The number of nitrogens with zero attached hydrogens (tertiary/aromatic N) is 4. The molecule has 3 fully saturated rings. The van der Waals surface area contributed by atoms with E-state index in [9.17, 15) is 12.8 Å². The molecule has 0 radical (unpaired) electrons. The van der Waals surface area contributed by atoms with Gasteiger partial charge in [0.15, 0.2) is 15.7 Å². The van der Waals surface area contributed by atoms with Crippen LogP contribution in [0.3, 0.4) is 0 Å². The fourth-order valence-corrected chi connectivity index (χ4v) is 7.69. The van der Waals surface area contributed by atoms with E-state index in [-0.39, 0.29) is 51.5 Å². The highest BCUT2D eigenvalue weighted by atomic mass is 32.2. The molecule has 0 atom stereocenters. The van der Waals surface area contributed by atoms with Gasteiger partial charge < -0.3 is 10.1 Å². The van der Waals surface area contributed by atoms with Gasteiger partial charge >= 0.3 is 6.01 Å². The smallest absolute Gasteiger partial charge is 0.319 e. The lowest BCUT2D eigenvalue weighted by Crippen LogP contribution is -2.46. The normalized spacial score (nSPS) is 20.3. The van der Waals surface area contributed by atoms with Crippen LogP contribution >= 0.6 is 0 Å². The number of hydrogen-bond donors (Lipinski definition) is 1. The van der Waals surface area contributed by atoms with Crippen molar-refractivity contribution >= 4 is 37.3 Å². The second kappa shape index (κ2) is 9.06. The number of halogens is 2. The Morgan fingerprint density at radius 1 is 1.05 bits per heavy atom. The first kappa shape index (κ1) is 24.6. The number of sulfone groups is 1. The van der Waals surface area contributed by atoms with E-state index >= 15 is 4.39 Å². The zero-order valence-electron chi connectivity index (χ0n) is 21.2. The first-order valence-electron chi connectivity index (χ1n) is 13.2. The highest BCUT2D eigenvalue weighted by Crippen LogP contribution is 2.40. The Balaban J connectivity index is 1.32. The van der Waals surface area contributed by atoms with Crippen molar-refractivity contribution in [1.82, 2.24) is 19.9 Å². The van der Waals surface area contributed by atoms with Gasteiger partial charge in [-0.15, -0.1) is 0 Å². The third-order valence-corrected chi connectivity index (χ3v) is 10.1. The fraction of sp³-hybridized carbons (Fsp3) is 0.393. The van der Waals surface area contributed by atoms with Gasteiger partial charge in [-0.05, 0) is 50.2 Å². The van der Waals surface area contributed by atoms with Crippen molar-refractivity contribution in [3.63, 3.8) is 0 Å². The summed E-state index contributed by atoms with van der Waals surface area (Å²) >= 11 is 0. The molecule has 0 amide bonds. The predicted octanol–water partition coefficient (Wildman–Crippen LogP) is 4.34. The predicted molar refractivity (Wildman–Crippen MR) is 145 cm³/mol. The van der Waals surface area contributed by atoms with E-state index in [0.29, 0.717) is 22.9 Å². The first-order valence-corrected chi connectivity index (χ1v) is 15.0. The molecule has 7 rings (SSSR count). The molecule has 8 nitrogen and oxygen atoms in total. The number of benzene rings is 2. The van der Waals surface area contributed by atoms with Gasteiger partial charge in [-0.3, -0.25) is 9.88 Å². The maximum atomic E-state index is 16.2. The summed E-state index contributed by atoms with van der Waals surface area (Å²) in [6.07, 6.45) is 5.72. The van der Waals surface area contributed by atoms with Gasteiger partial charge in [0.25, 0.3) is 0 Å². The van der Waals surface area contributed by atoms with Crippen molar-refractivity contribution in [1.29, 1.82) is 0 Å². The Morgan fingerprint density at radius 2 is 1.79 bits per heavy atom. The summed E-state index contributed by atoms with van der Waals surface area (Å²) in [7, 11) is -3.09. The summed E-state index contributed by atoms with van der Waals surface area (Å²) in [5.74, 6) is -0.987. The van der Waals surface area contributed by atoms with Crippen LogP contribution in [0.2, 0.25) is 0 Å². The number of aromatic nitrogens is 3. The minimum atomic E-state index is -3.09. The summed E-state index contributed by atoms with van der Waals surface area (Å²) < 4.78 is 60.7. The van der Waals surface area contributed by atoms with Gasteiger partial charge in [-0.1, -0.05) is 30.3 Å². The molecule has 202 valence electrons. The molecular weight excluding hydrogens is 524 g/mol. The molecule has 0 aliphatic carbocycles. The zero-order chi connectivity index (χ0) is 26.8. The molecule has 4 aromatic rings. The maximum absolute atomic E-state index is 16.2. The Labute approximate surface area is 224 Å². The van der Waals surface area contributed by atoms with E-state index in [2.05, 4.69) is 25.2 Å². The van der Waals surface area contributed by atoms with Crippen LogP contribution in [0.4, 0.5) is 14.6 Å². The third kappa shape index (κ3) is 4.19. The molecule has 5 heterocycles. The number of rotatable bonds is 6. The van der Waals surface area contributed by atoms with Crippen LogP contribution in [0, 0.1) is 11.6 Å². The van der Waals surface area contributed by atoms with Crippen LogP contribution in [0.5, 0.6) is 6.01 Å². The second-order valence-electron chi connectivity index (χ2n) is 10.8. The summed E-state index contributed by atoms with van der Waals surface area (Å²) in [5, 5.41) is 4.33. The highest BCUT2D eigenvalue weighted by Gasteiger charge is 2.45. The van der Waals surface area contributed by atoms with Crippen LogP contribution < -0.4 is 10.1 Å². The van der Waals surface area contributed by atoms with Gasteiger partial charge in [0.05, 0.1) is 28.5 Å². The average Bonchev–Trinajstić information content (AvgIpc) is 3.48. The van der Waals surface area contributed by atoms with Crippen LogP contribution in [0.15, 0.2) is 42.6 Å². The van der Waals surface area contributed by atoms with Gasteiger partial charge in [0.1, 0.15) is 29.5 Å². The minimum Gasteiger partial charge on any atom is -0.461 e. The second-order valence-corrected chi connectivity index (χ2v) is 13.0. The van der Waals surface area contributed by atoms with Crippen LogP contribution in [-0.4, -0.2) is 71.1 Å². The van der Waals surface area contributed by atoms with E-state index < -0.39 is 21.5 Å². The Bertz CT molecular complexity index is 1700. The van der Waals surface area contributed by atoms with Crippen LogP contribution in [0.1, 0.15) is 25.7 Å². The van der Waals surface area contributed by atoms with Crippen molar-refractivity contribution < 1.29 is 21.9 Å². The SMILES string of the molecule is O=S1(=O)CC(Nc2nc(OCC34CCCN3CCC4)nc3c(F)c(-c4cccc5cccc(F)c45)ncc23)C1. The topological polar surface area (TPSA) is 97.3 Å². The van der Waals surface area contributed by atoms with Gasteiger partial charge in [0, 0.05) is 17.1 Å². The molecule has 39 heavy (non-hydrogen) atoms. The van der Waals surface area contributed by atoms with E-state index in [1.807, 2.05) is 0 Å². The molecular formula is C28H27F2N5O3S. The third-order valence-electron chi connectivity index (χ3n) is 8.30. The molecule has 3 aliphatic heterocycles. The first-order chi connectivity index (χ1) is 18.8. The molecule has 2 aromatic heterocycles. The van der Waals surface area contributed by atoms with Crippen LogP contribution in [0.25, 0.3) is 32.9 Å². The Kier molecular flexibility index (Phi) is 5.71. The molecule has 0 bridgehead atoms. The molecule has 1 N–H and O–H groups in total. The molecule has 0 unspecified atom stereocenters. The summed E-state index contributed by atoms with van der Waals surface area (Å²) in [6.45, 7) is 2.47. The van der Waals surface area contributed by atoms with E-state index in [1.165, 1.54) is 12.3 Å². The van der Waals surface area contributed by atoms with Gasteiger partial charge in [-0.2, -0.15) is 9.97 Å². The van der Waals surface area contributed by atoms with E-state index in [1.54, 1.807) is 30.3 Å². The standard InChI is InChI=1S/C28H27F2N5O3S/c29-21-8-2-6-17-5-1-7-19(22(17)21)24-23(30)25-20(13-31-24)26(32-18-14-39(36,37)15-18)34-27(33-25)38-16-28-9-3-11-35(28)12-4-10-28/h1-2,5-8,13,18H,3-4,9-12,14-16H2,(H,32,33,34). The maximum Gasteiger partial charge on any atom is 0.319 e. The molecule has 0 spiro atoms. The van der Waals surface area contributed by atoms with Crippen molar-refractivity contribution in [3.05, 3.63) is 54.2 Å².